The van der Waals surface area contributed by atoms with Crippen LogP contribution in [0.15, 0.2) is 29.6 Å². The Morgan fingerprint density at radius 2 is 2.21 bits per heavy atom. The van der Waals surface area contributed by atoms with Gasteiger partial charge in [-0.3, -0.25) is 10.1 Å². The normalized spacial score (nSPS) is 10.2. The fraction of sp³-hybridized carbons (Fsp3) is 0.231. The molecule has 0 spiro atoms. The number of hydrogen-bond donors (Lipinski definition) is 1. The van der Waals surface area contributed by atoms with Crippen molar-refractivity contribution in [3.63, 3.8) is 0 Å². The number of aryl methyl sites for hydroxylation is 1. The number of methoxy groups -OCH3 is 1. The molecule has 0 amide bonds. The number of hydrogen-bond acceptors (Lipinski definition) is 5. The maximum atomic E-state index is 10.6. The summed E-state index contributed by atoms with van der Waals surface area (Å²) in [6.07, 6.45) is 0. The van der Waals surface area contributed by atoms with Gasteiger partial charge in [0.25, 0.3) is 0 Å². The van der Waals surface area contributed by atoms with Gasteiger partial charge in [-0.05, 0) is 36.2 Å². The van der Waals surface area contributed by atoms with Gasteiger partial charge in [-0.1, -0.05) is 11.3 Å². The first-order valence-corrected chi connectivity index (χ1v) is 6.58. The smallest absolute Gasteiger partial charge is 0.324 e. The van der Waals surface area contributed by atoms with Crippen molar-refractivity contribution in [2.45, 2.75) is 13.5 Å². The lowest BCUT2D eigenvalue weighted by Crippen LogP contribution is -2.00. The highest BCUT2D eigenvalue weighted by atomic mass is 32.1. The second-order valence-corrected chi connectivity index (χ2v) is 4.97. The number of ether oxygens (including phenoxy) is 1. The first-order valence-electron chi connectivity index (χ1n) is 5.70. The summed E-state index contributed by atoms with van der Waals surface area (Å²) in [5, 5.41) is 15.8. The predicted octanol–water partition coefficient (Wildman–Crippen LogP) is 3.59. The number of nitrogens with one attached hydrogen (secondary N) is 1. The molecular formula is C13H14N2O3S. The van der Waals surface area contributed by atoms with E-state index in [9.17, 15) is 10.1 Å². The third kappa shape index (κ3) is 3.23. The topological polar surface area (TPSA) is 64.4 Å². The van der Waals surface area contributed by atoms with Gasteiger partial charge in [0.15, 0.2) is 0 Å². The Hall–Kier alpha value is -2.08. The van der Waals surface area contributed by atoms with Crippen molar-refractivity contribution < 1.29 is 9.66 Å². The molecule has 0 unspecified atom stereocenters. The molecule has 1 N–H and O–H groups in total. The zero-order valence-electron chi connectivity index (χ0n) is 10.7. The van der Waals surface area contributed by atoms with E-state index in [4.69, 9.17) is 4.74 Å². The molecule has 1 aromatic heterocycles. The highest BCUT2D eigenvalue weighted by Gasteiger charge is 2.09. The lowest BCUT2D eigenvalue weighted by Gasteiger charge is -2.10. The van der Waals surface area contributed by atoms with Gasteiger partial charge in [0.2, 0.25) is 0 Å². The standard InChI is InChI=1S/C13H14N2O3S/c1-9-5-11(18-2)3-4-12(9)14-7-10-6-13(15(16)17)19-8-10/h3-6,8,14H,7H2,1-2H3. The Balaban J connectivity index is 2.03. The van der Waals surface area contributed by atoms with Crippen molar-refractivity contribution >= 4 is 22.0 Å². The Labute approximate surface area is 115 Å². The first-order chi connectivity index (χ1) is 9.10. The minimum atomic E-state index is -0.368. The molecule has 2 rings (SSSR count). The zero-order chi connectivity index (χ0) is 13.8. The van der Waals surface area contributed by atoms with E-state index in [1.807, 2.05) is 25.1 Å². The largest absolute Gasteiger partial charge is 0.497 e. The van der Waals surface area contributed by atoms with E-state index in [0.29, 0.717) is 6.54 Å². The fourth-order valence-electron chi connectivity index (χ4n) is 1.71. The van der Waals surface area contributed by atoms with Gasteiger partial charge < -0.3 is 10.1 Å². The lowest BCUT2D eigenvalue weighted by molar-refractivity contribution is -0.380. The zero-order valence-corrected chi connectivity index (χ0v) is 11.5. The minimum Gasteiger partial charge on any atom is -0.497 e. The average molecular weight is 278 g/mol. The first kappa shape index (κ1) is 13.4. The molecule has 1 heterocycles. The van der Waals surface area contributed by atoms with Crippen molar-refractivity contribution in [2.24, 2.45) is 0 Å². The van der Waals surface area contributed by atoms with Gasteiger partial charge in [-0.25, -0.2) is 0 Å². The summed E-state index contributed by atoms with van der Waals surface area (Å²) >= 11 is 1.14. The van der Waals surface area contributed by atoms with E-state index >= 15 is 0 Å². The van der Waals surface area contributed by atoms with Gasteiger partial charge in [-0.2, -0.15) is 0 Å². The number of anilines is 1. The van der Waals surface area contributed by atoms with Gasteiger partial charge in [-0.15, -0.1) is 0 Å². The number of nitro groups is 1. The van der Waals surface area contributed by atoms with Crippen molar-refractivity contribution in [1.29, 1.82) is 0 Å². The quantitative estimate of drug-likeness (QED) is 0.670. The number of thiophene rings is 1. The lowest BCUT2D eigenvalue weighted by atomic mass is 10.2. The summed E-state index contributed by atoms with van der Waals surface area (Å²) in [5.74, 6) is 0.814. The fourth-order valence-corrected chi connectivity index (χ4v) is 2.44. The van der Waals surface area contributed by atoms with Crippen molar-refractivity contribution in [3.05, 3.63) is 50.9 Å². The van der Waals surface area contributed by atoms with Crippen molar-refractivity contribution in [1.82, 2.24) is 0 Å². The molecule has 2 aromatic rings. The molecule has 100 valence electrons. The second-order valence-electron chi connectivity index (χ2n) is 4.08. The van der Waals surface area contributed by atoms with E-state index in [1.165, 1.54) is 0 Å². The number of nitrogens with zero attached hydrogens (tertiary/aromatic N) is 1. The Morgan fingerprint density at radius 3 is 2.79 bits per heavy atom. The summed E-state index contributed by atoms with van der Waals surface area (Å²) in [7, 11) is 1.63. The van der Waals surface area contributed by atoms with Crippen LogP contribution >= 0.6 is 11.3 Å². The Kier molecular flexibility index (Phi) is 4.01. The predicted molar refractivity (Wildman–Crippen MR) is 76.0 cm³/mol. The van der Waals surface area contributed by atoms with Crippen LogP contribution in [0.2, 0.25) is 0 Å². The van der Waals surface area contributed by atoms with Crippen LogP contribution in [0, 0.1) is 17.0 Å². The molecule has 5 nitrogen and oxygen atoms in total. The summed E-state index contributed by atoms with van der Waals surface area (Å²) in [6.45, 7) is 2.55. The van der Waals surface area contributed by atoms with Crippen LogP contribution in [-0.2, 0) is 6.54 Å². The molecular weight excluding hydrogens is 264 g/mol. The monoisotopic (exact) mass is 278 g/mol. The molecule has 1 aromatic carbocycles. The Morgan fingerprint density at radius 1 is 1.42 bits per heavy atom. The van der Waals surface area contributed by atoms with E-state index in [1.54, 1.807) is 18.6 Å². The SMILES string of the molecule is COc1ccc(NCc2csc([N+](=O)[O-])c2)c(C)c1. The van der Waals surface area contributed by atoms with E-state index in [2.05, 4.69) is 5.32 Å². The third-order valence-electron chi connectivity index (χ3n) is 2.74. The molecule has 19 heavy (non-hydrogen) atoms. The van der Waals surface area contributed by atoms with E-state index in [-0.39, 0.29) is 9.92 Å². The number of rotatable bonds is 5. The van der Waals surface area contributed by atoms with Crippen LogP contribution in [0.25, 0.3) is 0 Å². The summed E-state index contributed by atoms with van der Waals surface area (Å²) < 4.78 is 5.14. The average Bonchev–Trinajstić information content (AvgIpc) is 2.86. The van der Waals surface area contributed by atoms with Crippen LogP contribution in [0.4, 0.5) is 10.7 Å². The molecule has 0 bridgehead atoms. The summed E-state index contributed by atoms with van der Waals surface area (Å²) in [6, 6.07) is 7.36. The molecule has 0 fully saturated rings. The van der Waals surface area contributed by atoms with Crippen molar-refractivity contribution in [3.8, 4) is 5.75 Å². The summed E-state index contributed by atoms with van der Waals surface area (Å²) in [4.78, 5) is 10.2. The van der Waals surface area contributed by atoms with Crippen molar-refractivity contribution in [2.75, 3.05) is 12.4 Å². The van der Waals surface area contributed by atoms with Gasteiger partial charge >= 0.3 is 5.00 Å². The maximum absolute atomic E-state index is 10.6. The van der Waals surface area contributed by atoms with Crippen LogP contribution in [0.1, 0.15) is 11.1 Å². The van der Waals surface area contributed by atoms with Crippen LogP contribution in [0.5, 0.6) is 5.75 Å². The van der Waals surface area contributed by atoms with Gasteiger partial charge in [0.05, 0.1) is 12.0 Å². The molecule has 0 saturated heterocycles. The molecule has 6 heteroatoms. The molecule has 0 aliphatic rings. The van der Waals surface area contributed by atoms with Gasteiger partial charge in [0, 0.05) is 23.7 Å². The second kappa shape index (κ2) is 5.71. The summed E-state index contributed by atoms with van der Waals surface area (Å²) in [5.41, 5.74) is 2.98. The highest BCUT2D eigenvalue weighted by molar-refractivity contribution is 7.13. The molecule has 0 aliphatic heterocycles. The Bertz CT molecular complexity index is 595. The van der Waals surface area contributed by atoms with Gasteiger partial charge in [0.1, 0.15) is 5.75 Å². The highest BCUT2D eigenvalue weighted by Crippen LogP contribution is 2.25. The van der Waals surface area contributed by atoms with Crippen LogP contribution in [-0.4, -0.2) is 12.0 Å². The molecule has 0 atom stereocenters. The molecule has 0 radical (unpaired) electrons. The van der Waals surface area contributed by atoms with E-state index in [0.717, 1.165) is 33.9 Å². The molecule has 0 saturated carbocycles. The number of benzene rings is 1. The van der Waals surface area contributed by atoms with Crippen LogP contribution < -0.4 is 10.1 Å². The van der Waals surface area contributed by atoms with E-state index < -0.39 is 0 Å². The minimum absolute atomic E-state index is 0.170. The van der Waals surface area contributed by atoms with Crippen LogP contribution in [0.3, 0.4) is 0 Å². The molecule has 0 aliphatic carbocycles. The maximum Gasteiger partial charge on any atom is 0.324 e. The third-order valence-corrected chi connectivity index (χ3v) is 3.67.